The summed E-state index contributed by atoms with van der Waals surface area (Å²) in [7, 11) is 0. The molecule has 1 atom stereocenters. The predicted octanol–water partition coefficient (Wildman–Crippen LogP) is 1.17. The minimum atomic E-state index is -0.204. The first-order chi connectivity index (χ1) is 11.1. The van der Waals surface area contributed by atoms with E-state index < -0.39 is 0 Å². The van der Waals surface area contributed by atoms with Crippen molar-refractivity contribution in [3.8, 4) is 5.75 Å². The largest absolute Gasteiger partial charge is 0.482 e. The Labute approximate surface area is 133 Å². The van der Waals surface area contributed by atoms with Gasteiger partial charge in [0, 0.05) is 36.6 Å². The van der Waals surface area contributed by atoms with Crippen molar-refractivity contribution >= 4 is 17.5 Å². The molecule has 0 aliphatic carbocycles. The number of hydrogen-bond acceptors (Lipinski definition) is 5. The summed E-state index contributed by atoms with van der Waals surface area (Å²) >= 11 is 0. The van der Waals surface area contributed by atoms with E-state index in [-0.39, 0.29) is 24.5 Å². The van der Waals surface area contributed by atoms with Crippen LogP contribution in [0.1, 0.15) is 23.0 Å². The van der Waals surface area contributed by atoms with Crippen LogP contribution >= 0.6 is 0 Å². The van der Waals surface area contributed by atoms with Crippen LogP contribution in [0, 0.1) is 0 Å². The molecule has 0 spiro atoms. The molecule has 1 aliphatic rings. The Morgan fingerprint density at radius 3 is 3.09 bits per heavy atom. The highest BCUT2D eigenvalue weighted by Gasteiger charge is 2.18. The highest BCUT2D eigenvalue weighted by atomic mass is 16.5. The Kier molecular flexibility index (Phi) is 4.18. The van der Waals surface area contributed by atoms with Gasteiger partial charge in [0.1, 0.15) is 5.75 Å². The number of fused-ring (bicyclic) bond motifs is 1. The van der Waals surface area contributed by atoms with Gasteiger partial charge in [0.15, 0.2) is 6.61 Å². The van der Waals surface area contributed by atoms with Gasteiger partial charge in [-0.2, -0.15) is 0 Å². The number of aromatic nitrogens is 2. The lowest BCUT2D eigenvalue weighted by Crippen LogP contribution is -2.34. The van der Waals surface area contributed by atoms with Crippen LogP contribution in [0.4, 0.5) is 5.69 Å². The maximum absolute atomic E-state index is 12.3. The van der Waals surface area contributed by atoms with Crippen molar-refractivity contribution in [1.29, 1.82) is 0 Å². The summed E-state index contributed by atoms with van der Waals surface area (Å²) in [5.74, 6) is 0.0933. The monoisotopic (exact) mass is 312 g/mol. The van der Waals surface area contributed by atoms with Crippen LogP contribution in [0.5, 0.6) is 5.75 Å². The molecule has 1 aliphatic heterocycles. The van der Waals surface area contributed by atoms with Crippen molar-refractivity contribution in [3.63, 3.8) is 0 Å². The fourth-order valence-corrected chi connectivity index (χ4v) is 2.32. The van der Waals surface area contributed by atoms with Gasteiger partial charge in [-0.25, -0.2) is 0 Å². The van der Waals surface area contributed by atoms with Crippen LogP contribution in [-0.2, 0) is 11.2 Å². The number of benzene rings is 1. The van der Waals surface area contributed by atoms with E-state index in [1.54, 1.807) is 36.8 Å². The zero-order chi connectivity index (χ0) is 16.2. The maximum atomic E-state index is 12.3. The Morgan fingerprint density at radius 1 is 1.43 bits per heavy atom. The Hall–Kier alpha value is -2.96. The SMILES string of the molecule is C[C@@H](Cc1cnccn1)NC(=O)c1ccc2c(c1)OCC(=O)N2. The summed E-state index contributed by atoms with van der Waals surface area (Å²) in [5, 5.41) is 5.60. The molecule has 3 rings (SSSR count). The van der Waals surface area contributed by atoms with Gasteiger partial charge in [0.2, 0.25) is 0 Å². The first-order valence-corrected chi connectivity index (χ1v) is 7.24. The smallest absolute Gasteiger partial charge is 0.262 e. The summed E-state index contributed by atoms with van der Waals surface area (Å²) < 4.78 is 5.32. The van der Waals surface area contributed by atoms with Gasteiger partial charge < -0.3 is 15.4 Å². The van der Waals surface area contributed by atoms with Gasteiger partial charge in [0.25, 0.3) is 11.8 Å². The number of carbonyl (C=O) groups excluding carboxylic acids is 2. The second-order valence-corrected chi connectivity index (χ2v) is 5.32. The second kappa shape index (κ2) is 6.43. The van der Waals surface area contributed by atoms with Gasteiger partial charge >= 0.3 is 0 Å². The number of anilines is 1. The molecule has 23 heavy (non-hydrogen) atoms. The molecule has 7 heteroatoms. The first-order valence-electron chi connectivity index (χ1n) is 7.24. The molecule has 0 radical (unpaired) electrons. The quantitative estimate of drug-likeness (QED) is 0.884. The van der Waals surface area contributed by atoms with Crippen LogP contribution in [0.3, 0.4) is 0 Å². The molecule has 2 amide bonds. The van der Waals surface area contributed by atoms with E-state index in [0.29, 0.717) is 23.4 Å². The van der Waals surface area contributed by atoms with E-state index in [9.17, 15) is 9.59 Å². The molecular weight excluding hydrogens is 296 g/mol. The summed E-state index contributed by atoms with van der Waals surface area (Å²) in [6.45, 7) is 1.86. The lowest BCUT2D eigenvalue weighted by molar-refractivity contribution is -0.118. The number of hydrogen-bond donors (Lipinski definition) is 2. The van der Waals surface area contributed by atoms with E-state index >= 15 is 0 Å². The lowest BCUT2D eigenvalue weighted by Gasteiger charge is -2.19. The topological polar surface area (TPSA) is 93.2 Å². The zero-order valence-electron chi connectivity index (χ0n) is 12.6. The van der Waals surface area contributed by atoms with E-state index in [4.69, 9.17) is 4.74 Å². The van der Waals surface area contributed by atoms with E-state index in [0.717, 1.165) is 5.69 Å². The Balaban J connectivity index is 1.65. The molecule has 7 nitrogen and oxygen atoms in total. The van der Waals surface area contributed by atoms with Crippen LogP contribution in [0.25, 0.3) is 0 Å². The average molecular weight is 312 g/mol. The number of nitrogens with zero attached hydrogens (tertiary/aromatic N) is 2. The minimum absolute atomic E-state index is 0.0405. The van der Waals surface area contributed by atoms with E-state index in [1.165, 1.54) is 0 Å². The average Bonchev–Trinajstić information content (AvgIpc) is 2.55. The standard InChI is InChI=1S/C16H16N4O3/c1-10(6-12-8-17-4-5-18-12)19-16(22)11-2-3-13-14(7-11)23-9-15(21)20-13/h2-5,7-8,10H,6,9H2,1H3,(H,19,22)(H,20,21)/t10-/m0/s1. The number of amides is 2. The Morgan fingerprint density at radius 2 is 2.30 bits per heavy atom. The molecule has 2 aromatic rings. The van der Waals surface area contributed by atoms with E-state index in [1.807, 2.05) is 6.92 Å². The molecule has 2 N–H and O–H groups in total. The molecular formula is C16H16N4O3. The third-order valence-corrected chi connectivity index (χ3v) is 3.39. The molecule has 2 heterocycles. The van der Waals surface area contributed by atoms with Gasteiger partial charge in [0.05, 0.1) is 11.4 Å². The summed E-state index contributed by atoms with van der Waals surface area (Å²) in [5.41, 5.74) is 1.87. The highest BCUT2D eigenvalue weighted by Crippen LogP contribution is 2.28. The fourth-order valence-electron chi connectivity index (χ4n) is 2.32. The van der Waals surface area contributed by atoms with Gasteiger partial charge in [-0.1, -0.05) is 0 Å². The van der Waals surface area contributed by atoms with Gasteiger partial charge in [-0.05, 0) is 25.1 Å². The summed E-state index contributed by atoms with van der Waals surface area (Å²) in [4.78, 5) is 31.7. The molecule has 118 valence electrons. The molecule has 0 fully saturated rings. The molecule has 1 aromatic carbocycles. The minimum Gasteiger partial charge on any atom is -0.482 e. The van der Waals surface area contributed by atoms with Crippen LogP contribution in [0.15, 0.2) is 36.8 Å². The molecule has 1 aromatic heterocycles. The first kappa shape index (κ1) is 15.0. The predicted molar refractivity (Wildman–Crippen MR) is 83.2 cm³/mol. The molecule has 0 saturated carbocycles. The maximum Gasteiger partial charge on any atom is 0.262 e. The second-order valence-electron chi connectivity index (χ2n) is 5.32. The van der Waals surface area contributed by atoms with E-state index in [2.05, 4.69) is 20.6 Å². The summed E-state index contributed by atoms with van der Waals surface area (Å²) in [6, 6.07) is 4.85. The van der Waals surface area contributed by atoms with Crippen molar-refractivity contribution < 1.29 is 14.3 Å². The number of nitrogens with one attached hydrogen (secondary N) is 2. The fraction of sp³-hybridized carbons (Fsp3) is 0.250. The van der Waals surface area contributed by atoms with Gasteiger partial charge in [-0.15, -0.1) is 0 Å². The van der Waals surface area contributed by atoms with Crippen LogP contribution in [-0.4, -0.2) is 34.4 Å². The lowest BCUT2D eigenvalue weighted by atomic mass is 10.1. The van der Waals surface area contributed by atoms with Crippen molar-refractivity contribution in [1.82, 2.24) is 15.3 Å². The third kappa shape index (κ3) is 3.63. The molecule has 0 saturated heterocycles. The number of carbonyl (C=O) groups is 2. The van der Waals surface area contributed by atoms with Gasteiger partial charge in [-0.3, -0.25) is 19.6 Å². The molecule has 0 unspecified atom stereocenters. The van der Waals surface area contributed by atoms with Crippen molar-refractivity contribution in [3.05, 3.63) is 48.0 Å². The van der Waals surface area contributed by atoms with Crippen molar-refractivity contribution in [2.75, 3.05) is 11.9 Å². The van der Waals surface area contributed by atoms with Crippen molar-refractivity contribution in [2.45, 2.75) is 19.4 Å². The third-order valence-electron chi connectivity index (χ3n) is 3.39. The summed E-state index contributed by atoms with van der Waals surface area (Å²) in [6.07, 6.45) is 5.51. The zero-order valence-corrected chi connectivity index (χ0v) is 12.6. The van der Waals surface area contributed by atoms with Crippen molar-refractivity contribution in [2.24, 2.45) is 0 Å². The molecule has 0 bridgehead atoms. The number of rotatable bonds is 4. The number of ether oxygens (including phenoxy) is 1. The highest BCUT2D eigenvalue weighted by molar-refractivity contribution is 5.99. The normalized spacial score (nSPS) is 14.2. The van der Waals surface area contributed by atoms with Crippen LogP contribution in [0.2, 0.25) is 0 Å². The Bertz CT molecular complexity index is 733. The van der Waals surface area contributed by atoms with Crippen LogP contribution < -0.4 is 15.4 Å².